The molecule has 5 fully saturated rings. The molecule has 10 rings (SSSR count). The summed E-state index contributed by atoms with van der Waals surface area (Å²) in [7, 11) is 0. The van der Waals surface area contributed by atoms with E-state index in [0.717, 1.165) is 48.1 Å². The summed E-state index contributed by atoms with van der Waals surface area (Å²) in [6, 6.07) is 19.7. The predicted molar refractivity (Wildman–Crippen MR) is 224 cm³/mol. The normalized spacial score (nSPS) is 32.2. The number of halogens is 3. The maximum absolute atomic E-state index is 14.7. The van der Waals surface area contributed by atoms with Gasteiger partial charge in [0.15, 0.2) is 5.78 Å². The number of alkyl halides is 3. The number of allylic oxidation sites excluding steroid dienone is 2. The van der Waals surface area contributed by atoms with Gasteiger partial charge < -0.3 is 20.4 Å². The minimum atomic E-state index is -4.61. The number of fused-ring (bicyclic) bond motifs is 8. The Hall–Kier alpha value is -3.95. The average molecular weight is 811 g/mol. The largest absolute Gasteiger partial charge is 0.416 e. The van der Waals surface area contributed by atoms with Gasteiger partial charge in [0.05, 0.1) is 29.9 Å². The molecule has 3 aromatic carbocycles. The van der Waals surface area contributed by atoms with Crippen molar-refractivity contribution in [1.29, 1.82) is 0 Å². The maximum atomic E-state index is 14.7. The highest BCUT2D eigenvalue weighted by Gasteiger charge is 2.59. The number of rotatable bonds is 8. The van der Waals surface area contributed by atoms with Crippen molar-refractivity contribution in [3.05, 3.63) is 118 Å². The van der Waals surface area contributed by atoms with Crippen LogP contribution < -0.4 is 5.32 Å². The fraction of sp³-hybridized carbons (Fsp3) is 0.560. The summed E-state index contributed by atoms with van der Waals surface area (Å²) in [5, 5.41) is 27.7. The van der Waals surface area contributed by atoms with Crippen LogP contribution in [0.5, 0.6) is 0 Å². The Bertz CT molecular complexity index is 2030. The number of hydrogen-bond donors (Lipinski definition) is 3. The van der Waals surface area contributed by atoms with E-state index in [2.05, 4.69) is 25.2 Å². The van der Waals surface area contributed by atoms with Crippen LogP contribution in [0.15, 0.2) is 84.4 Å². The van der Waals surface area contributed by atoms with E-state index < -0.39 is 34.6 Å². The number of aliphatic hydroxyl groups is 2. The number of urea groups is 1. The first-order chi connectivity index (χ1) is 28.0. The average Bonchev–Trinajstić information content (AvgIpc) is 3.44. The Balaban J connectivity index is 1.18. The first-order valence-corrected chi connectivity index (χ1v) is 22.0. The van der Waals surface area contributed by atoms with Gasteiger partial charge in [-0.05, 0) is 161 Å². The van der Waals surface area contributed by atoms with Crippen molar-refractivity contribution in [2.24, 2.45) is 28.6 Å². The van der Waals surface area contributed by atoms with Gasteiger partial charge in [-0.15, -0.1) is 0 Å². The monoisotopic (exact) mass is 810 g/mol. The van der Waals surface area contributed by atoms with Crippen LogP contribution in [0.3, 0.4) is 0 Å². The van der Waals surface area contributed by atoms with Crippen molar-refractivity contribution in [3.8, 4) is 0 Å². The van der Waals surface area contributed by atoms with E-state index in [1.165, 1.54) is 31.4 Å². The number of carbonyl (C=O) groups excluding carboxylic acids is 2. The van der Waals surface area contributed by atoms with Crippen LogP contribution in [0.1, 0.15) is 148 Å². The van der Waals surface area contributed by atoms with Crippen LogP contribution in [0.4, 0.5) is 18.0 Å². The van der Waals surface area contributed by atoms with Crippen molar-refractivity contribution in [3.63, 3.8) is 0 Å². The van der Waals surface area contributed by atoms with Crippen molar-refractivity contribution >= 4 is 11.8 Å². The van der Waals surface area contributed by atoms with Crippen LogP contribution in [0, 0.1) is 28.6 Å². The summed E-state index contributed by atoms with van der Waals surface area (Å²) in [5.41, 5.74) is 0.815. The summed E-state index contributed by atoms with van der Waals surface area (Å²) >= 11 is 0. The maximum Gasteiger partial charge on any atom is 0.416 e. The van der Waals surface area contributed by atoms with E-state index >= 15 is 0 Å². The molecule has 7 aliphatic carbocycles. The molecule has 0 radical (unpaired) electrons. The second-order valence-electron chi connectivity index (χ2n) is 19.7. The number of nitrogens with one attached hydrogen (secondary N) is 1. The highest BCUT2D eigenvalue weighted by atomic mass is 19.4. The molecular formula is C50H61F3N2O4. The third kappa shape index (κ3) is 8.53. The number of benzene rings is 3. The molecule has 6 nitrogen and oxygen atoms in total. The van der Waals surface area contributed by atoms with Gasteiger partial charge in [0, 0.05) is 23.1 Å². The van der Waals surface area contributed by atoms with E-state index in [4.69, 9.17) is 0 Å². The lowest BCUT2D eigenvalue weighted by Gasteiger charge is -2.58. The Morgan fingerprint density at radius 1 is 0.898 bits per heavy atom. The summed E-state index contributed by atoms with van der Waals surface area (Å²) in [5.74, 6) is 1.23. The van der Waals surface area contributed by atoms with Crippen molar-refractivity contribution < 1.29 is 33.0 Å². The van der Waals surface area contributed by atoms with Crippen LogP contribution in [0.25, 0.3) is 0 Å². The van der Waals surface area contributed by atoms with Gasteiger partial charge in [-0.3, -0.25) is 4.79 Å². The van der Waals surface area contributed by atoms with Gasteiger partial charge in [-0.25, -0.2) is 4.79 Å². The molecule has 0 heterocycles. The zero-order valence-electron chi connectivity index (χ0n) is 34.9. The Kier molecular flexibility index (Phi) is 11.4. The Morgan fingerprint density at radius 2 is 1.59 bits per heavy atom. The number of carbonyl (C=O) groups is 2. The van der Waals surface area contributed by atoms with Gasteiger partial charge >= 0.3 is 12.2 Å². The highest BCUT2D eigenvalue weighted by Crippen LogP contribution is 2.62. The minimum Gasteiger partial charge on any atom is -0.393 e. The van der Waals surface area contributed by atoms with Crippen LogP contribution in [0.2, 0.25) is 0 Å². The second kappa shape index (κ2) is 16.2. The number of aliphatic hydroxyl groups excluding tert-OH is 1. The molecule has 2 amide bonds. The first kappa shape index (κ1) is 41.8. The lowest BCUT2D eigenvalue weighted by atomic mass is 9.49. The lowest BCUT2D eigenvalue weighted by Crippen LogP contribution is -2.59. The second-order valence-corrected chi connectivity index (χ2v) is 19.7. The molecule has 7 aliphatic rings. The van der Waals surface area contributed by atoms with E-state index in [1.54, 1.807) is 6.07 Å². The first-order valence-electron chi connectivity index (χ1n) is 22.0. The van der Waals surface area contributed by atoms with Crippen molar-refractivity contribution in [1.82, 2.24) is 10.2 Å². The van der Waals surface area contributed by atoms with Gasteiger partial charge in [-0.2, -0.15) is 13.2 Å². The topological polar surface area (TPSA) is 89.9 Å². The predicted octanol–water partition coefficient (Wildman–Crippen LogP) is 11.0. The molecule has 59 heavy (non-hydrogen) atoms. The molecule has 0 aromatic heterocycles. The molecule has 5 atom stereocenters. The summed E-state index contributed by atoms with van der Waals surface area (Å²) in [6.07, 6.45) is 7.79. The third-order valence-corrected chi connectivity index (χ3v) is 15.4. The molecule has 3 N–H and O–H groups in total. The highest BCUT2D eigenvalue weighted by molar-refractivity contribution is 6.10. The SMILES string of the molecule is CC1=CCCC2(C)C(CCC2(O)CN(CC23CC4CC(CC(C4)C2)C3)C(=O)NC(C)c2ccccc2)c2ccc(cc2C(=O)c2cccc(C(F)(F)F)c2)CC(O)CC1. The zero-order chi connectivity index (χ0) is 41.7. The number of ketones is 1. The fourth-order valence-corrected chi connectivity index (χ4v) is 12.7. The standard InChI is InChI=1S/C50H61F3N2O4/c1-32-9-8-19-47(3)44(42-17-15-34(24-41(56)16-14-32)25-43(42)45(57)39-12-7-13-40(26-39)50(51,52)53)18-20-49(47,59)31-55(46(58)54-33(2)38-10-5-4-6-11-38)30-48-27-35-21-36(28-48)23-37(22-35)29-48/h4-7,9-13,15,17,25-26,33,35-37,41,44,56,59H,8,14,16,18-24,27-31H2,1-3H3,(H,54,58). The van der Waals surface area contributed by atoms with Crippen molar-refractivity contribution in [2.75, 3.05) is 13.1 Å². The van der Waals surface area contributed by atoms with E-state index in [-0.39, 0.29) is 35.5 Å². The van der Waals surface area contributed by atoms with Gasteiger partial charge in [-0.1, -0.05) is 73.2 Å². The molecular weight excluding hydrogens is 750 g/mol. The van der Waals surface area contributed by atoms with Gasteiger partial charge in [0.2, 0.25) is 0 Å². The van der Waals surface area contributed by atoms with Crippen LogP contribution >= 0.6 is 0 Å². The van der Waals surface area contributed by atoms with Gasteiger partial charge in [0.1, 0.15) is 0 Å². The third-order valence-electron chi connectivity index (χ3n) is 15.4. The van der Waals surface area contributed by atoms with Crippen molar-refractivity contribution in [2.45, 2.75) is 134 Å². The molecule has 5 unspecified atom stereocenters. The molecule has 0 aliphatic heterocycles. The number of hydrogen-bond acceptors (Lipinski definition) is 4. The lowest BCUT2D eigenvalue weighted by molar-refractivity contribution is -0.137. The Labute approximate surface area is 347 Å². The number of amides is 2. The van der Waals surface area contributed by atoms with E-state index in [9.17, 15) is 33.0 Å². The molecule has 6 bridgehead atoms. The zero-order valence-corrected chi connectivity index (χ0v) is 34.9. The quantitative estimate of drug-likeness (QED) is 0.156. The van der Waals surface area contributed by atoms with Crippen LogP contribution in [-0.2, 0) is 12.6 Å². The smallest absolute Gasteiger partial charge is 0.393 e. The molecule has 316 valence electrons. The molecule has 5 saturated carbocycles. The van der Waals surface area contributed by atoms with Crippen LogP contribution in [-0.4, -0.2) is 51.7 Å². The summed E-state index contributed by atoms with van der Waals surface area (Å²) in [4.78, 5) is 31.2. The Morgan fingerprint density at radius 3 is 2.27 bits per heavy atom. The van der Waals surface area contributed by atoms with E-state index in [1.807, 2.05) is 54.3 Å². The van der Waals surface area contributed by atoms with Gasteiger partial charge in [0.25, 0.3) is 0 Å². The summed E-state index contributed by atoms with van der Waals surface area (Å²) < 4.78 is 41.7. The molecule has 0 saturated heterocycles. The molecule has 3 aromatic rings. The molecule has 0 spiro atoms. The fourth-order valence-electron chi connectivity index (χ4n) is 12.7. The minimum absolute atomic E-state index is 0.0192. The molecule has 9 heteroatoms. The van der Waals surface area contributed by atoms with E-state index in [0.29, 0.717) is 80.4 Å². The number of nitrogens with zero attached hydrogens (tertiary/aromatic N) is 1. The summed E-state index contributed by atoms with van der Waals surface area (Å²) in [6.45, 7) is 6.89.